The summed E-state index contributed by atoms with van der Waals surface area (Å²) in [5, 5.41) is 3.35. The third-order valence-corrected chi connectivity index (χ3v) is 3.63. The van der Waals surface area contributed by atoms with Gasteiger partial charge < -0.3 is 4.74 Å². The summed E-state index contributed by atoms with van der Waals surface area (Å²) in [4.78, 5) is 12.2. The zero-order valence-corrected chi connectivity index (χ0v) is 14.2. The molecule has 0 saturated carbocycles. The molecule has 0 saturated heterocycles. The topological polar surface area (TPSA) is 38.3 Å². The Balaban J connectivity index is 3.00. The fourth-order valence-electron chi connectivity index (χ4n) is 2.35. The summed E-state index contributed by atoms with van der Waals surface area (Å²) in [6.07, 6.45) is 1.05. The number of carbonyl (C=O) groups is 1. The SMILES string of the molecule is COC(=O)C(C)(NCC(C)C)c1ccc(CC(C)C)cc1. The standard InChI is InChI=1S/C18H29NO2/c1-13(2)11-15-7-9-16(10-8-15)18(5,17(20)21-6)19-12-14(3)4/h7-10,13-14,19H,11-12H2,1-6H3. The van der Waals surface area contributed by atoms with Gasteiger partial charge in [-0.15, -0.1) is 0 Å². The molecule has 0 bridgehead atoms. The summed E-state index contributed by atoms with van der Waals surface area (Å²) in [6, 6.07) is 8.27. The maximum absolute atomic E-state index is 12.2. The summed E-state index contributed by atoms with van der Waals surface area (Å²) >= 11 is 0. The van der Waals surface area contributed by atoms with E-state index >= 15 is 0 Å². The summed E-state index contributed by atoms with van der Waals surface area (Å²) in [7, 11) is 1.44. The van der Waals surface area contributed by atoms with Gasteiger partial charge in [0, 0.05) is 0 Å². The fourth-order valence-corrected chi connectivity index (χ4v) is 2.35. The summed E-state index contributed by atoms with van der Waals surface area (Å²) in [5.41, 5.74) is 1.45. The second-order valence-electron chi connectivity index (χ2n) is 6.69. The minimum absolute atomic E-state index is 0.250. The molecule has 0 aliphatic heterocycles. The monoisotopic (exact) mass is 291 g/mol. The summed E-state index contributed by atoms with van der Waals surface area (Å²) < 4.78 is 5.00. The highest BCUT2D eigenvalue weighted by atomic mass is 16.5. The average Bonchev–Trinajstić information content (AvgIpc) is 2.44. The van der Waals surface area contributed by atoms with E-state index < -0.39 is 5.54 Å². The van der Waals surface area contributed by atoms with Crippen LogP contribution in [0.4, 0.5) is 0 Å². The first-order chi connectivity index (χ1) is 9.79. The van der Waals surface area contributed by atoms with Gasteiger partial charge in [0.2, 0.25) is 0 Å². The Kier molecular flexibility index (Phi) is 6.41. The average molecular weight is 291 g/mol. The van der Waals surface area contributed by atoms with Crippen LogP contribution in [0.25, 0.3) is 0 Å². The van der Waals surface area contributed by atoms with Gasteiger partial charge >= 0.3 is 5.97 Å². The van der Waals surface area contributed by atoms with Crippen molar-refractivity contribution in [2.75, 3.05) is 13.7 Å². The second-order valence-corrected chi connectivity index (χ2v) is 6.69. The zero-order chi connectivity index (χ0) is 16.0. The number of ether oxygens (including phenoxy) is 1. The first-order valence-corrected chi connectivity index (χ1v) is 7.72. The molecule has 0 amide bonds. The van der Waals surface area contributed by atoms with Crippen molar-refractivity contribution in [3.63, 3.8) is 0 Å². The number of benzene rings is 1. The molecule has 0 spiro atoms. The molecule has 118 valence electrons. The lowest BCUT2D eigenvalue weighted by molar-refractivity contribution is -0.148. The van der Waals surface area contributed by atoms with E-state index in [0.717, 1.165) is 18.5 Å². The molecule has 1 aromatic carbocycles. The molecule has 1 rings (SSSR count). The number of nitrogens with one attached hydrogen (secondary N) is 1. The summed E-state index contributed by atoms with van der Waals surface area (Å²) in [5.74, 6) is 0.843. The molecular formula is C18H29NO2. The molecular weight excluding hydrogens is 262 g/mol. The van der Waals surface area contributed by atoms with Gasteiger partial charge in [-0.1, -0.05) is 52.0 Å². The third-order valence-electron chi connectivity index (χ3n) is 3.63. The van der Waals surface area contributed by atoms with Crippen molar-refractivity contribution in [3.05, 3.63) is 35.4 Å². The van der Waals surface area contributed by atoms with E-state index in [1.165, 1.54) is 12.7 Å². The lowest BCUT2D eigenvalue weighted by atomic mass is 9.89. The Bertz CT molecular complexity index is 451. The third kappa shape index (κ3) is 4.85. The van der Waals surface area contributed by atoms with Crippen LogP contribution in [-0.2, 0) is 21.5 Å². The van der Waals surface area contributed by atoms with E-state index in [4.69, 9.17) is 4.74 Å². The van der Waals surface area contributed by atoms with E-state index in [9.17, 15) is 4.79 Å². The highest BCUT2D eigenvalue weighted by Crippen LogP contribution is 2.24. The van der Waals surface area contributed by atoms with Gasteiger partial charge in [0.05, 0.1) is 7.11 Å². The molecule has 3 heteroatoms. The highest BCUT2D eigenvalue weighted by Gasteiger charge is 2.35. The van der Waals surface area contributed by atoms with Crippen molar-refractivity contribution in [1.82, 2.24) is 5.32 Å². The van der Waals surface area contributed by atoms with Crippen molar-refractivity contribution < 1.29 is 9.53 Å². The van der Waals surface area contributed by atoms with Gasteiger partial charge in [-0.3, -0.25) is 5.32 Å². The smallest absolute Gasteiger partial charge is 0.330 e. The summed E-state index contributed by atoms with van der Waals surface area (Å²) in [6.45, 7) is 11.3. The molecule has 3 nitrogen and oxygen atoms in total. The molecule has 0 heterocycles. The number of esters is 1. The molecule has 0 aliphatic rings. The first kappa shape index (κ1) is 17.7. The van der Waals surface area contributed by atoms with Gasteiger partial charge in [-0.05, 0) is 42.9 Å². The van der Waals surface area contributed by atoms with E-state index in [1.807, 2.05) is 19.1 Å². The predicted octanol–water partition coefficient (Wildman–Crippen LogP) is 3.52. The zero-order valence-electron chi connectivity index (χ0n) is 14.2. The Hall–Kier alpha value is -1.35. The van der Waals surface area contributed by atoms with E-state index in [1.54, 1.807) is 0 Å². The lowest BCUT2D eigenvalue weighted by Gasteiger charge is -2.29. The highest BCUT2D eigenvalue weighted by molar-refractivity contribution is 5.82. The van der Waals surface area contributed by atoms with Crippen LogP contribution in [0.15, 0.2) is 24.3 Å². The number of hydrogen-bond donors (Lipinski definition) is 1. The van der Waals surface area contributed by atoms with Gasteiger partial charge in [-0.2, -0.15) is 0 Å². The first-order valence-electron chi connectivity index (χ1n) is 7.72. The molecule has 1 atom stereocenters. The number of hydrogen-bond acceptors (Lipinski definition) is 3. The lowest BCUT2D eigenvalue weighted by Crippen LogP contribution is -2.48. The van der Waals surface area contributed by atoms with E-state index in [0.29, 0.717) is 11.8 Å². The molecule has 21 heavy (non-hydrogen) atoms. The Morgan fingerprint density at radius 2 is 1.71 bits per heavy atom. The van der Waals surface area contributed by atoms with Crippen LogP contribution in [-0.4, -0.2) is 19.6 Å². The molecule has 0 fully saturated rings. The minimum Gasteiger partial charge on any atom is -0.467 e. The molecule has 1 aromatic rings. The van der Waals surface area contributed by atoms with E-state index in [-0.39, 0.29) is 5.97 Å². The van der Waals surface area contributed by atoms with Crippen molar-refractivity contribution in [1.29, 1.82) is 0 Å². The molecule has 0 radical (unpaired) electrons. The predicted molar refractivity (Wildman–Crippen MR) is 87.2 cm³/mol. The minimum atomic E-state index is -0.796. The normalized spacial score (nSPS) is 14.3. The van der Waals surface area contributed by atoms with Crippen LogP contribution in [0.5, 0.6) is 0 Å². The van der Waals surface area contributed by atoms with E-state index in [2.05, 4.69) is 45.1 Å². The fraction of sp³-hybridized carbons (Fsp3) is 0.611. The van der Waals surface area contributed by atoms with Crippen molar-refractivity contribution >= 4 is 5.97 Å². The molecule has 0 aliphatic carbocycles. The Morgan fingerprint density at radius 1 is 1.14 bits per heavy atom. The Morgan fingerprint density at radius 3 is 2.14 bits per heavy atom. The second kappa shape index (κ2) is 7.60. The maximum atomic E-state index is 12.2. The maximum Gasteiger partial charge on any atom is 0.330 e. The van der Waals surface area contributed by atoms with Crippen molar-refractivity contribution in [2.45, 2.75) is 46.6 Å². The van der Waals surface area contributed by atoms with Crippen molar-refractivity contribution in [3.8, 4) is 0 Å². The van der Waals surface area contributed by atoms with Gasteiger partial charge in [-0.25, -0.2) is 4.79 Å². The number of carbonyl (C=O) groups excluding carboxylic acids is 1. The number of rotatable bonds is 7. The molecule has 1 unspecified atom stereocenters. The van der Waals surface area contributed by atoms with Crippen LogP contribution >= 0.6 is 0 Å². The Labute approximate surface area is 129 Å². The van der Waals surface area contributed by atoms with Gasteiger partial charge in [0.15, 0.2) is 0 Å². The molecule has 0 aromatic heterocycles. The van der Waals surface area contributed by atoms with Crippen LogP contribution in [0.1, 0.15) is 45.7 Å². The van der Waals surface area contributed by atoms with Crippen molar-refractivity contribution in [2.24, 2.45) is 11.8 Å². The van der Waals surface area contributed by atoms with Crippen LogP contribution in [0.3, 0.4) is 0 Å². The number of methoxy groups -OCH3 is 1. The largest absolute Gasteiger partial charge is 0.467 e. The van der Waals surface area contributed by atoms with Crippen LogP contribution in [0, 0.1) is 11.8 Å². The van der Waals surface area contributed by atoms with Gasteiger partial charge in [0.1, 0.15) is 5.54 Å². The van der Waals surface area contributed by atoms with Gasteiger partial charge in [0.25, 0.3) is 0 Å². The quantitative estimate of drug-likeness (QED) is 0.781. The van der Waals surface area contributed by atoms with Crippen LogP contribution in [0.2, 0.25) is 0 Å². The molecule has 1 N–H and O–H groups in total. The van der Waals surface area contributed by atoms with Crippen LogP contribution < -0.4 is 5.32 Å².